The summed E-state index contributed by atoms with van der Waals surface area (Å²) in [7, 11) is 1.39. The van der Waals surface area contributed by atoms with Crippen LogP contribution in [-0.2, 0) is 9.59 Å². The Morgan fingerprint density at radius 3 is 2.36 bits per heavy atom. The molecule has 8 heteroatoms. The Kier molecular flexibility index (Phi) is 5.59. The highest BCUT2D eigenvalue weighted by Gasteiger charge is 2.48. The van der Waals surface area contributed by atoms with Gasteiger partial charge in [0, 0.05) is 6.07 Å². The monoisotopic (exact) mass is 451 g/mol. The van der Waals surface area contributed by atoms with E-state index in [4.69, 9.17) is 4.74 Å². The van der Waals surface area contributed by atoms with Crippen LogP contribution in [0.2, 0.25) is 0 Å². The Morgan fingerprint density at radius 2 is 1.70 bits per heavy atom. The fourth-order valence-electron chi connectivity index (χ4n) is 3.88. The zero-order chi connectivity index (χ0) is 23.9. The SMILES string of the molecule is COc1ccc(C)cc1/C(O)=C1\C(=O)C(=O)N(c2cc(F)ccc2F)C1c1ccc(O)cc1. The first-order valence-corrected chi connectivity index (χ1v) is 9.93. The Hall–Kier alpha value is -4.20. The van der Waals surface area contributed by atoms with Crippen LogP contribution in [0.15, 0.2) is 66.2 Å². The van der Waals surface area contributed by atoms with Crippen molar-refractivity contribution in [2.24, 2.45) is 0 Å². The van der Waals surface area contributed by atoms with E-state index in [-0.39, 0.29) is 22.6 Å². The number of benzene rings is 3. The molecule has 3 aromatic rings. The van der Waals surface area contributed by atoms with Crippen molar-refractivity contribution in [3.8, 4) is 11.5 Å². The smallest absolute Gasteiger partial charge is 0.300 e. The number of methoxy groups -OCH3 is 1. The molecule has 1 saturated heterocycles. The minimum atomic E-state index is -1.29. The number of aromatic hydroxyl groups is 1. The molecule has 1 heterocycles. The molecule has 33 heavy (non-hydrogen) atoms. The van der Waals surface area contributed by atoms with Gasteiger partial charge in [-0.25, -0.2) is 8.78 Å². The Balaban J connectivity index is 2.02. The van der Waals surface area contributed by atoms with E-state index in [1.165, 1.54) is 31.4 Å². The van der Waals surface area contributed by atoms with Gasteiger partial charge in [0.1, 0.15) is 28.9 Å². The number of aryl methyl sites for hydroxylation is 1. The second-order valence-corrected chi connectivity index (χ2v) is 7.56. The standard InChI is InChI=1S/C25H19F2NO5/c1-13-3-10-20(33-2)17(11-13)23(30)21-22(14-4-7-16(29)8-5-14)28(25(32)24(21)31)19-12-15(26)6-9-18(19)27/h3-12,22,29-30H,1-2H3/b23-21+. The Bertz CT molecular complexity index is 1300. The first-order valence-electron chi connectivity index (χ1n) is 9.93. The molecule has 168 valence electrons. The van der Waals surface area contributed by atoms with Crippen LogP contribution >= 0.6 is 0 Å². The van der Waals surface area contributed by atoms with Crippen LogP contribution in [0.4, 0.5) is 14.5 Å². The van der Waals surface area contributed by atoms with Crippen molar-refractivity contribution in [2.75, 3.05) is 12.0 Å². The van der Waals surface area contributed by atoms with E-state index < -0.39 is 40.8 Å². The molecule has 2 N–H and O–H groups in total. The lowest BCUT2D eigenvalue weighted by atomic mass is 9.94. The predicted octanol–water partition coefficient (Wildman–Crippen LogP) is 4.61. The van der Waals surface area contributed by atoms with Crippen molar-refractivity contribution in [3.63, 3.8) is 0 Å². The number of rotatable bonds is 4. The average Bonchev–Trinajstić information content (AvgIpc) is 3.06. The fraction of sp³-hybridized carbons (Fsp3) is 0.120. The summed E-state index contributed by atoms with van der Waals surface area (Å²) in [6.07, 6.45) is 0. The fourth-order valence-corrected chi connectivity index (χ4v) is 3.88. The van der Waals surface area contributed by atoms with Crippen LogP contribution in [0.3, 0.4) is 0 Å². The summed E-state index contributed by atoms with van der Waals surface area (Å²) in [5, 5.41) is 20.9. The lowest BCUT2D eigenvalue weighted by Crippen LogP contribution is -2.30. The summed E-state index contributed by atoms with van der Waals surface area (Å²) < 4.78 is 34.0. The summed E-state index contributed by atoms with van der Waals surface area (Å²) in [4.78, 5) is 27.0. The molecule has 4 rings (SSSR count). The number of carbonyl (C=O) groups is 2. The van der Waals surface area contributed by atoms with E-state index in [1.807, 2.05) is 0 Å². The van der Waals surface area contributed by atoms with Crippen LogP contribution < -0.4 is 9.64 Å². The number of hydrogen-bond acceptors (Lipinski definition) is 5. The minimum absolute atomic E-state index is 0.0759. The second-order valence-electron chi connectivity index (χ2n) is 7.56. The number of ketones is 1. The summed E-state index contributed by atoms with van der Waals surface area (Å²) in [6.45, 7) is 1.77. The number of aliphatic hydroxyl groups is 1. The third-order valence-corrected chi connectivity index (χ3v) is 5.43. The van der Waals surface area contributed by atoms with E-state index in [9.17, 15) is 28.6 Å². The number of phenolic OH excluding ortho intramolecular Hbond substituents is 1. The highest BCUT2D eigenvalue weighted by Crippen LogP contribution is 2.44. The highest BCUT2D eigenvalue weighted by atomic mass is 19.1. The maximum absolute atomic E-state index is 14.7. The first-order chi connectivity index (χ1) is 15.7. The molecule has 1 fully saturated rings. The van der Waals surface area contributed by atoms with Crippen LogP contribution in [0.5, 0.6) is 11.5 Å². The molecule has 6 nitrogen and oxygen atoms in total. The average molecular weight is 451 g/mol. The van der Waals surface area contributed by atoms with Gasteiger partial charge >= 0.3 is 0 Å². The highest BCUT2D eigenvalue weighted by molar-refractivity contribution is 6.51. The molecule has 3 aromatic carbocycles. The molecule has 1 aliphatic rings. The van der Waals surface area contributed by atoms with Crippen LogP contribution in [0.25, 0.3) is 5.76 Å². The first kappa shape index (κ1) is 22.0. The normalized spacial score (nSPS) is 17.5. The molecule has 0 bridgehead atoms. The predicted molar refractivity (Wildman–Crippen MR) is 117 cm³/mol. The molecule has 1 unspecified atom stereocenters. The topological polar surface area (TPSA) is 87.1 Å². The molecular weight excluding hydrogens is 432 g/mol. The zero-order valence-electron chi connectivity index (χ0n) is 17.7. The van der Waals surface area contributed by atoms with Crippen molar-refractivity contribution < 1.29 is 33.3 Å². The van der Waals surface area contributed by atoms with Crippen molar-refractivity contribution in [3.05, 3.63) is 94.6 Å². The van der Waals surface area contributed by atoms with E-state index in [0.717, 1.165) is 28.7 Å². The largest absolute Gasteiger partial charge is 0.508 e. The van der Waals surface area contributed by atoms with Gasteiger partial charge in [-0.1, -0.05) is 23.8 Å². The summed E-state index contributed by atoms with van der Waals surface area (Å²) in [6, 6.07) is 11.7. The summed E-state index contributed by atoms with van der Waals surface area (Å²) >= 11 is 0. The summed E-state index contributed by atoms with van der Waals surface area (Å²) in [5.74, 6) is -4.28. The van der Waals surface area contributed by atoms with E-state index >= 15 is 0 Å². The molecule has 1 atom stereocenters. The Morgan fingerprint density at radius 1 is 1.00 bits per heavy atom. The van der Waals surface area contributed by atoms with E-state index in [0.29, 0.717) is 5.56 Å². The van der Waals surface area contributed by atoms with Gasteiger partial charge in [0.25, 0.3) is 11.7 Å². The number of amides is 1. The van der Waals surface area contributed by atoms with Gasteiger partial charge in [0.15, 0.2) is 0 Å². The van der Waals surface area contributed by atoms with Crippen LogP contribution in [0, 0.1) is 18.6 Å². The number of ether oxygens (including phenoxy) is 1. The third kappa shape index (κ3) is 3.80. The number of phenols is 1. The molecular formula is C25H19F2NO5. The quantitative estimate of drug-likeness (QED) is 0.344. The third-order valence-electron chi connectivity index (χ3n) is 5.43. The number of carbonyl (C=O) groups excluding carboxylic acids is 2. The van der Waals surface area contributed by atoms with Gasteiger partial charge in [-0.05, 0) is 48.9 Å². The molecule has 0 aromatic heterocycles. The lowest BCUT2D eigenvalue weighted by Gasteiger charge is -2.26. The molecule has 0 spiro atoms. The van der Waals surface area contributed by atoms with Crippen LogP contribution in [0.1, 0.15) is 22.7 Å². The van der Waals surface area contributed by atoms with Gasteiger partial charge in [0.05, 0.1) is 30.0 Å². The van der Waals surface area contributed by atoms with Crippen molar-refractivity contribution in [1.29, 1.82) is 0 Å². The van der Waals surface area contributed by atoms with Gasteiger partial charge in [-0.2, -0.15) is 0 Å². The molecule has 0 saturated carbocycles. The van der Waals surface area contributed by atoms with Gasteiger partial charge in [0.2, 0.25) is 0 Å². The number of nitrogens with zero attached hydrogens (tertiary/aromatic N) is 1. The summed E-state index contributed by atoms with van der Waals surface area (Å²) in [5.41, 5.74) is 0.440. The number of halogens is 2. The molecule has 0 radical (unpaired) electrons. The minimum Gasteiger partial charge on any atom is -0.508 e. The molecule has 1 amide bonds. The van der Waals surface area contributed by atoms with Crippen molar-refractivity contribution in [2.45, 2.75) is 13.0 Å². The van der Waals surface area contributed by atoms with Crippen molar-refractivity contribution in [1.82, 2.24) is 0 Å². The zero-order valence-corrected chi connectivity index (χ0v) is 17.7. The number of aliphatic hydroxyl groups excluding tert-OH is 1. The van der Waals surface area contributed by atoms with Gasteiger partial charge < -0.3 is 14.9 Å². The van der Waals surface area contributed by atoms with Crippen LogP contribution in [-0.4, -0.2) is 29.0 Å². The maximum atomic E-state index is 14.7. The lowest BCUT2D eigenvalue weighted by molar-refractivity contribution is -0.132. The van der Waals surface area contributed by atoms with Gasteiger partial charge in [-0.15, -0.1) is 0 Å². The maximum Gasteiger partial charge on any atom is 0.300 e. The van der Waals surface area contributed by atoms with Gasteiger partial charge in [-0.3, -0.25) is 14.5 Å². The molecule has 0 aliphatic carbocycles. The van der Waals surface area contributed by atoms with E-state index in [1.54, 1.807) is 25.1 Å². The van der Waals surface area contributed by atoms with E-state index in [2.05, 4.69) is 0 Å². The van der Waals surface area contributed by atoms with Crippen molar-refractivity contribution >= 4 is 23.1 Å². The number of hydrogen-bond donors (Lipinski definition) is 2. The number of Topliss-reactive ketones (excluding diaryl/α,β-unsaturated/α-hetero) is 1. The Labute approximate surface area is 188 Å². The number of anilines is 1. The molecule has 1 aliphatic heterocycles. The second kappa shape index (κ2) is 8.38.